The molecule has 2 aliphatic rings. The highest BCUT2D eigenvalue weighted by Crippen LogP contribution is 2.64. The number of halogens is 5. The third-order valence-electron chi connectivity index (χ3n) is 5.02. The van der Waals surface area contributed by atoms with Crippen LogP contribution < -0.4 is 0 Å². The maximum absolute atomic E-state index is 12.8. The van der Waals surface area contributed by atoms with Crippen LogP contribution >= 0.6 is 23.2 Å². The van der Waals surface area contributed by atoms with Crippen molar-refractivity contribution in [2.24, 2.45) is 5.41 Å². The van der Waals surface area contributed by atoms with Crippen molar-refractivity contribution in [3.63, 3.8) is 0 Å². The van der Waals surface area contributed by atoms with Gasteiger partial charge in [-0.1, -0.05) is 6.07 Å². The minimum absolute atomic E-state index is 0.0192. The zero-order chi connectivity index (χ0) is 19.3. The van der Waals surface area contributed by atoms with Crippen LogP contribution in [-0.2, 0) is 11.0 Å². The molecule has 26 heavy (non-hydrogen) atoms. The van der Waals surface area contributed by atoms with Gasteiger partial charge in [0.2, 0.25) is 5.91 Å². The van der Waals surface area contributed by atoms with Crippen LogP contribution in [0, 0.1) is 5.41 Å². The topological polar surface area (TPSA) is 40.6 Å². The molecule has 0 bridgehead atoms. The van der Waals surface area contributed by atoms with E-state index in [-0.39, 0.29) is 24.6 Å². The van der Waals surface area contributed by atoms with Gasteiger partial charge in [0.05, 0.1) is 11.0 Å². The lowest BCUT2D eigenvalue weighted by atomic mass is 10.1. The molecule has 1 aromatic carbocycles. The van der Waals surface area contributed by atoms with Gasteiger partial charge < -0.3 is 9.80 Å². The van der Waals surface area contributed by atoms with Crippen molar-refractivity contribution < 1.29 is 22.8 Å². The number of nitrogens with zero attached hydrogens (tertiary/aromatic N) is 2. The SMILES string of the molecule is C[C@]1(C(=O)N2CCN(C(=O)c3cccc(C(F)(F)F)c3)CC2)CC1(Cl)Cl. The fraction of sp³-hybridized carbons (Fsp3) is 0.529. The van der Waals surface area contributed by atoms with E-state index >= 15 is 0 Å². The summed E-state index contributed by atoms with van der Waals surface area (Å²) in [5.41, 5.74) is -1.70. The Bertz CT molecular complexity index is 746. The van der Waals surface area contributed by atoms with Crippen molar-refractivity contribution in [1.29, 1.82) is 0 Å². The predicted molar refractivity (Wildman–Crippen MR) is 91.1 cm³/mol. The van der Waals surface area contributed by atoms with Crippen molar-refractivity contribution >= 4 is 35.0 Å². The molecule has 1 heterocycles. The smallest absolute Gasteiger partial charge is 0.339 e. The number of rotatable bonds is 2. The molecular weight excluding hydrogens is 392 g/mol. The van der Waals surface area contributed by atoms with Gasteiger partial charge in [0, 0.05) is 31.7 Å². The third kappa shape index (κ3) is 3.39. The van der Waals surface area contributed by atoms with E-state index in [9.17, 15) is 22.8 Å². The van der Waals surface area contributed by atoms with Crippen molar-refractivity contribution in [2.75, 3.05) is 26.2 Å². The Labute approximate surface area is 158 Å². The standard InChI is InChI=1S/C17H17Cl2F3N2O2/c1-15(10-16(15,18)19)14(26)24-7-5-23(6-8-24)13(25)11-3-2-4-12(9-11)17(20,21)22/h2-4,9H,5-8,10H2,1H3/t15-/m1/s1. The first-order chi connectivity index (χ1) is 12.0. The average Bonchev–Trinajstić information content (AvgIpc) is 3.12. The number of piperazine rings is 1. The third-order valence-corrected chi connectivity index (χ3v) is 6.12. The molecule has 0 N–H and O–H groups in total. The summed E-state index contributed by atoms with van der Waals surface area (Å²) in [6.45, 7) is 2.78. The number of amides is 2. The van der Waals surface area contributed by atoms with Gasteiger partial charge in [-0.15, -0.1) is 23.2 Å². The first kappa shape index (κ1) is 19.3. The van der Waals surface area contributed by atoms with Crippen molar-refractivity contribution in [1.82, 2.24) is 9.80 Å². The largest absolute Gasteiger partial charge is 0.416 e. The summed E-state index contributed by atoms with van der Waals surface area (Å²) in [7, 11) is 0. The van der Waals surface area contributed by atoms with Crippen LogP contribution in [0.15, 0.2) is 24.3 Å². The molecule has 0 radical (unpaired) electrons. The number of benzene rings is 1. The summed E-state index contributed by atoms with van der Waals surface area (Å²) in [6, 6.07) is 4.34. The van der Waals surface area contributed by atoms with Crippen molar-refractivity contribution in [3.05, 3.63) is 35.4 Å². The summed E-state index contributed by atoms with van der Waals surface area (Å²) < 4.78 is 37.3. The molecule has 1 aliphatic carbocycles. The highest BCUT2D eigenvalue weighted by molar-refractivity contribution is 6.53. The molecule has 4 nitrogen and oxygen atoms in total. The molecule has 9 heteroatoms. The number of carbonyl (C=O) groups is 2. The highest BCUT2D eigenvalue weighted by Gasteiger charge is 2.68. The highest BCUT2D eigenvalue weighted by atomic mass is 35.5. The van der Waals surface area contributed by atoms with E-state index < -0.39 is 27.4 Å². The van der Waals surface area contributed by atoms with Crippen LogP contribution in [0.3, 0.4) is 0 Å². The van der Waals surface area contributed by atoms with Crippen LogP contribution in [0.5, 0.6) is 0 Å². The second-order valence-electron chi connectivity index (χ2n) is 6.88. The Morgan fingerprint density at radius 2 is 1.62 bits per heavy atom. The molecule has 0 aromatic heterocycles. The molecule has 1 aromatic rings. The van der Waals surface area contributed by atoms with Gasteiger partial charge in [0.1, 0.15) is 4.33 Å². The van der Waals surface area contributed by atoms with E-state index in [1.165, 1.54) is 17.0 Å². The Morgan fingerprint density at radius 3 is 2.12 bits per heavy atom. The molecule has 1 atom stereocenters. The molecule has 1 saturated heterocycles. The fourth-order valence-corrected chi connectivity index (χ4v) is 3.80. The van der Waals surface area contributed by atoms with E-state index in [0.717, 1.165) is 12.1 Å². The van der Waals surface area contributed by atoms with Gasteiger partial charge >= 0.3 is 6.18 Å². The molecule has 142 valence electrons. The van der Waals surface area contributed by atoms with Crippen LogP contribution in [-0.4, -0.2) is 52.1 Å². The number of carbonyl (C=O) groups excluding carboxylic acids is 2. The first-order valence-corrected chi connectivity index (χ1v) is 8.85. The average molecular weight is 409 g/mol. The molecule has 1 saturated carbocycles. The van der Waals surface area contributed by atoms with E-state index in [4.69, 9.17) is 23.2 Å². The molecule has 2 amide bonds. The van der Waals surface area contributed by atoms with Crippen molar-refractivity contribution in [3.8, 4) is 0 Å². The lowest BCUT2D eigenvalue weighted by molar-refractivity contribution is -0.138. The lowest BCUT2D eigenvalue weighted by Crippen LogP contribution is -2.52. The summed E-state index contributed by atoms with van der Waals surface area (Å²) >= 11 is 12.1. The molecular formula is C17H17Cl2F3N2O2. The van der Waals surface area contributed by atoms with Gasteiger partial charge in [-0.3, -0.25) is 9.59 Å². The Kier molecular flexibility index (Phi) is 4.68. The van der Waals surface area contributed by atoms with Gasteiger partial charge in [-0.2, -0.15) is 13.2 Å². The van der Waals surface area contributed by atoms with Crippen molar-refractivity contribution in [2.45, 2.75) is 23.9 Å². The van der Waals surface area contributed by atoms with Gasteiger partial charge in [-0.25, -0.2) is 0 Å². The lowest BCUT2D eigenvalue weighted by Gasteiger charge is -2.36. The second-order valence-corrected chi connectivity index (χ2v) is 8.36. The van der Waals surface area contributed by atoms with Gasteiger partial charge in [-0.05, 0) is 31.5 Å². The summed E-state index contributed by atoms with van der Waals surface area (Å²) in [5, 5.41) is 0. The quantitative estimate of drug-likeness (QED) is 0.701. The minimum atomic E-state index is -4.50. The fourth-order valence-electron chi connectivity index (χ4n) is 3.10. The molecule has 0 unspecified atom stereocenters. The molecule has 0 spiro atoms. The normalized spacial score (nSPS) is 25.2. The number of hydrogen-bond acceptors (Lipinski definition) is 2. The summed E-state index contributed by atoms with van der Waals surface area (Å²) in [5.74, 6) is -0.640. The zero-order valence-electron chi connectivity index (χ0n) is 13.9. The first-order valence-electron chi connectivity index (χ1n) is 8.09. The van der Waals surface area contributed by atoms with E-state index in [1.54, 1.807) is 11.8 Å². The summed E-state index contributed by atoms with van der Waals surface area (Å²) in [4.78, 5) is 28.1. The monoisotopic (exact) mass is 408 g/mol. The van der Waals surface area contributed by atoms with E-state index in [0.29, 0.717) is 19.5 Å². The Hall–Kier alpha value is -1.47. The summed E-state index contributed by atoms with van der Waals surface area (Å²) in [6.07, 6.45) is -4.12. The second kappa shape index (κ2) is 6.30. The molecule has 1 aliphatic heterocycles. The maximum Gasteiger partial charge on any atom is 0.416 e. The van der Waals surface area contributed by atoms with Crippen LogP contribution in [0.25, 0.3) is 0 Å². The predicted octanol–water partition coefficient (Wildman–Crippen LogP) is 3.57. The van der Waals surface area contributed by atoms with E-state index in [1.807, 2.05) is 0 Å². The Balaban J connectivity index is 1.64. The van der Waals surface area contributed by atoms with Crippen LogP contribution in [0.4, 0.5) is 13.2 Å². The number of alkyl halides is 5. The maximum atomic E-state index is 12.8. The van der Waals surface area contributed by atoms with Gasteiger partial charge in [0.15, 0.2) is 0 Å². The molecule has 3 rings (SSSR count). The number of hydrogen-bond donors (Lipinski definition) is 0. The van der Waals surface area contributed by atoms with E-state index in [2.05, 4.69) is 0 Å². The minimum Gasteiger partial charge on any atom is -0.339 e. The Morgan fingerprint density at radius 1 is 1.08 bits per heavy atom. The zero-order valence-corrected chi connectivity index (χ0v) is 15.5. The molecule has 2 fully saturated rings. The van der Waals surface area contributed by atoms with Gasteiger partial charge in [0.25, 0.3) is 5.91 Å². The van der Waals surface area contributed by atoms with Crippen LogP contribution in [0.1, 0.15) is 29.3 Å². The van der Waals surface area contributed by atoms with Crippen LogP contribution in [0.2, 0.25) is 0 Å².